The Labute approximate surface area is 123 Å². The van der Waals surface area contributed by atoms with Crippen molar-refractivity contribution < 1.29 is 4.74 Å². The van der Waals surface area contributed by atoms with E-state index in [4.69, 9.17) is 10.5 Å². The Kier molecular flexibility index (Phi) is 5.70. The number of aliphatic imine (C=N–C) groups is 1. The zero-order valence-electron chi connectivity index (χ0n) is 13.2. The van der Waals surface area contributed by atoms with E-state index in [-0.39, 0.29) is 0 Å². The molecular formula is C16H31N3O. The zero-order chi connectivity index (χ0) is 14.4. The summed E-state index contributed by atoms with van der Waals surface area (Å²) in [5, 5.41) is 3.40. The predicted octanol–water partition coefficient (Wildman–Crippen LogP) is 2.82. The lowest BCUT2D eigenvalue weighted by Crippen LogP contribution is -2.42. The van der Waals surface area contributed by atoms with Crippen molar-refractivity contribution in [2.24, 2.45) is 16.1 Å². The molecule has 4 heteroatoms. The minimum absolute atomic E-state index is 0.299. The molecule has 2 fully saturated rings. The maximum Gasteiger partial charge on any atom is 0.188 e. The van der Waals surface area contributed by atoms with Gasteiger partial charge in [0.25, 0.3) is 0 Å². The van der Waals surface area contributed by atoms with Crippen LogP contribution in [0.2, 0.25) is 0 Å². The second kappa shape index (κ2) is 7.30. The second-order valence-corrected chi connectivity index (χ2v) is 6.93. The highest BCUT2D eigenvalue weighted by atomic mass is 16.5. The fraction of sp³-hybridized carbons (Fsp3) is 0.938. The van der Waals surface area contributed by atoms with Crippen molar-refractivity contribution in [1.82, 2.24) is 5.32 Å². The van der Waals surface area contributed by atoms with Crippen molar-refractivity contribution in [1.29, 1.82) is 0 Å². The summed E-state index contributed by atoms with van der Waals surface area (Å²) in [4.78, 5) is 4.61. The zero-order valence-corrected chi connectivity index (χ0v) is 13.2. The van der Waals surface area contributed by atoms with Gasteiger partial charge >= 0.3 is 0 Å². The Morgan fingerprint density at radius 1 is 1.20 bits per heavy atom. The first-order valence-electron chi connectivity index (χ1n) is 8.20. The summed E-state index contributed by atoms with van der Waals surface area (Å²) >= 11 is 0. The molecule has 116 valence electrons. The number of methoxy groups -OCH3 is 1. The topological polar surface area (TPSA) is 59.6 Å². The van der Waals surface area contributed by atoms with Gasteiger partial charge in [-0.2, -0.15) is 0 Å². The molecule has 2 saturated carbocycles. The molecule has 0 bridgehead atoms. The van der Waals surface area contributed by atoms with E-state index in [9.17, 15) is 0 Å². The van der Waals surface area contributed by atoms with Gasteiger partial charge in [-0.15, -0.1) is 0 Å². The quantitative estimate of drug-likeness (QED) is 0.615. The Morgan fingerprint density at radius 2 is 1.85 bits per heavy atom. The predicted molar refractivity (Wildman–Crippen MR) is 83.9 cm³/mol. The largest absolute Gasteiger partial charge is 0.381 e. The average Bonchev–Trinajstić information content (AvgIpc) is 2.47. The highest BCUT2D eigenvalue weighted by molar-refractivity contribution is 5.78. The third-order valence-corrected chi connectivity index (χ3v) is 5.06. The molecule has 0 aromatic heterocycles. The van der Waals surface area contributed by atoms with E-state index in [0.29, 0.717) is 23.5 Å². The van der Waals surface area contributed by atoms with Crippen LogP contribution >= 0.6 is 0 Å². The van der Waals surface area contributed by atoms with Crippen molar-refractivity contribution in [3.05, 3.63) is 0 Å². The summed E-state index contributed by atoms with van der Waals surface area (Å²) in [6, 6.07) is 0.546. The van der Waals surface area contributed by atoms with Gasteiger partial charge in [-0.1, -0.05) is 26.2 Å². The Bertz CT molecular complexity index is 316. The van der Waals surface area contributed by atoms with E-state index < -0.39 is 0 Å². The molecule has 0 aromatic carbocycles. The first-order valence-corrected chi connectivity index (χ1v) is 8.20. The van der Waals surface area contributed by atoms with Gasteiger partial charge < -0.3 is 15.8 Å². The molecule has 0 atom stereocenters. The van der Waals surface area contributed by atoms with Crippen LogP contribution in [-0.4, -0.2) is 31.8 Å². The molecule has 2 aliphatic carbocycles. The molecule has 2 aliphatic rings. The first kappa shape index (κ1) is 15.6. The van der Waals surface area contributed by atoms with E-state index in [1.807, 2.05) is 7.11 Å². The smallest absolute Gasteiger partial charge is 0.188 e. The van der Waals surface area contributed by atoms with Crippen LogP contribution in [-0.2, 0) is 4.74 Å². The minimum atomic E-state index is 0.299. The fourth-order valence-corrected chi connectivity index (χ4v) is 3.46. The maximum absolute atomic E-state index is 6.05. The van der Waals surface area contributed by atoms with E-state index in [2.05, 4.69) is 17.2 Å². The van der Waals surface area contributed by atoms with Gasteiger partial charge in [-0.05, 0) is 43.9 Å². The molecule has 4 nitrogen and oxygen atoms in total. The lowest BCUT2D eigenvalue weighted by molar-refractivity contribution is 0.0352. The van der Waals surface area contributed by atoms with Gasteiger partial charge in [0, 0.05) is 19.7 Å². The lowest BCUT2D eigenvalue weighted by atomic mass is 9.75. The summed E-state index contributed by atoms with van der Waals surface area (Å²) in [6.45, 7) is 3.17. The van der Waals surface area contributed by atoms with Crippen LogP contribution in [0.3, 0.4) is 0 Å². The van der Waals surface area contributed by atoms with Gasteiger partial charge in [-0.3, -0.25) is 4.99 Å². The third-order valence-electron chi connectivity index (χ3n) is 5.06. The van der Waals surface area contributed by atoms with Gasteiger partial charge in [0.05, 0.1) is 6.10 Å². The molecule has 0 saturated heterocycles. The standard InChI is InChI=1S/C16H31N3O/c1-16(10-8-14(20-2)9-11-16)12-18-15(17)19-13-6-4-3-5-7-13/h13-14H,3-12H2,1-2H3,(H3,17,18,19). The first-order chi connectivity index (χ1) is 9.61. The Balaban J connectivity index is 1.76. The molecule has 0 aliphatic heterocycles. The Hall–Kier alpha value is -0.770. The third kappa shape index (κ3) is 4.65. The SMILES string of the molecule is COC1CCC(C)(CN=C(N)NC2CCCCC2)CC1. The molecular weight excluding hydrogens is 250 g/mol. The summed E-state index contributed by atoms with van der Waals surface area (Å²) in [6.07, 6.45) is 11.6. The van der Waals surface area contributed by atoms with Crippen molar-refractivity contribution in [3.63, 3.8) is 0 Å². The Morgan fingerprint density at radius 3 is 2.45 bits per heavy atom. The van der Waals surface area contributed by atoms with E-state index >= 15 is 0 Å². The summed E-state index contributed by atoms with van der Waals surface area (Å²) in [5.41, 5.74) is 6.35. The van der Waals surface area contributed by atoms with Gasteiger partial charge in [0.2, 0.25) is 0 Å². The van der Waals surface area contributed by atoms with Crippen LogP contribution in [0.4, 0.5) is 0 Å². The molecule has 0 spiro atoms. The normalized spacial score (nSPS) is 33.1. The molecule has 0 radical (unpaired) electrons. The lowest BCUT2D eigenvalue weighted by Gasteiger charge is -2.35. The second-order valence-electron chi connectivity index (χ2n) is 6.93. The van der Waals surface area contributed by atoms with Crippen molar-refractivity contribution in [3.8, 4) is 0 Å². The van der Waals surface area contributed by atoms with Crippen molar-refractivity contribution in [2.75, 3.05) is 13.7 Å². The minimum Gasteiger partial charge on any atom is -0.381 e. The van der Waals surface area contributed by atoms with Gasteiger partial charge in [0.1, 0.15) is 0 Å². The molecule has 3 N–H and O–H groups in total. The molecule has 0 amide bonds. The number of guanidine groups is 1. The van der Waals surface area contributed by atoms with Crippen LogP contribution in [0.1, 0.15) is 64.7 Å². The fourth-order valence-electron chi connectivity index (χ4n) is 3.46. The van der Waals surface area contributed by atoms with E-state index in [0.717, 1.165) is 19.4 Å². The monoisotopic (exact) mass is 281 g/mol. The highest BCUT2D eigenvalue weighted by Gasteiger charge is 2.31. The van der Waals surface area contributed by atoms with Gasteiger partial charge in [-0.25, -0.2) is 0 Å². The number of hydrogen-bond acceptors (Lipinski definition) is 2. The van der Waals surface area contributed by atoms with E-state index in [1.165, 1.54) is 44.9 Å². The molecule has 0 aromatic rings. The molecule has 0 heterocycles. The van der Waals surface area contributed by atoms with E-state index in [1.54, 1.807) is 0 Å². The highest BCUT2D eigenvalue weighted by Crippen LogP contribution is 2.37. The number of rotatable bonds is 4. The van der Waals surface area contributed by atoms with Gasteiger partial charge in [0.15, 0.2) is 5.96 Å². The molecule has 20 heavy (non-hydrogen) atoms. The van der Waals surface area contributed by atoms with Crippen LogP contribution in [0.25, 0.3) is 0 Å². The number of nitrogens with two attached hydrogens (primary N) is 1. The van der Waals surface area contributed by atoms with Crippen LogP contribution in [0.15, 0.2) is 4.99 Å². The average molecular weight is 281 g/mol. The van der Waals surface area contributed by atoms with Crippen LogP contribution in [0.5, 0.6) is 0 Å². The molecule has 0 unspecified atom stereocenters. The van der Waals surface area contributed by atoms with Crippen LogP contribution < -0.4 is 11.1 Å². The van der Waals surface area contributed by atoms with Crippen molar-refractivity contribution >= 4 is 5.96 Å². The summed E-state index contributed by atoms with van der Waals surface area (Å²) in [5.74, 6) is 0.645. The summed E-state index contributed by atoms with van der Waals surface area (Å²) < 4.78 is 5.44. The maximum atomic E-state index is 6.05. The van der Waals surface area contributed by atoms with Crippen LogP contribution in [0, 0.1) is 5.41 Å². The number of nitrogens with one attached hydrogen (secondary N) is 1. The number of hydrogen-bond donors (Lipinski definition) is 2. The number of ether oxygens (including phenoxy) is 1. The number of nitrogens with zero attached hydrogens (tertiary/aromatic N) is 1. The molecule has 2 rings (SSSR count). The summed E-state index contributed by atoms with van der Waals surface area (Å²) in [7, 11) is 1.82. The van der Waals surface area contributed by atoms with Crippen molar-refractivity contribution in [2.45, 2.75) is 76.9 Å².